The fourth-order valence-electron chi connectivity index (χ4n) is 0.942. The first-order valence-corrected chi connectivity index (χ1v) is 4.55. The van der Waals surface area contributed by atoms with Crippen LogP contribution in [-0.2, 0) is 0 Å². The van der Waals surface area contributed by atoms with Crippen LogP contribution in [-0.4, -0.2) is 39.4 Å². The number of rotatable bonds is 4. The lowest BCUT2D eigenvalue weighted by Crippen LogP contribution is -2.35. The molecule has 0 bridgehead atoms. The second-order valence-corrected chi connectivity index (χ2v) is 2.81. The van der Waals surface area contributed by atoms with Gasteiger partial charge in [-0.15, -0.1) is 0 Å². The van der Waals surface area contributed by atoms with E-state index in [1.165, 1.54) is 5.71 Å². The normalized spacial score (nSPS) is 12.9. The van der Waals surface area contributed by atoms with E-state index in [0.717, 1.165) is 25.3 Å². The summed E-state index contributed by atoms with van der Waals surface area (Å²) in [7, 11) is 5.45. The van der Waals surface area contributed by atoms with Crippen molar-refractivity contribution in [1.29, 1.82) is 0 Å². The molecule has 0 aliphatic heterocycles. The van der Waals surface area contributed by atoms with E-state index in [4.69, 9.17) is 0 Å². The molecule has 0 spiro atoms. The molecular weight excluding hydrogens is 164 g/mol. The van der Waals surface area contributed by atoms with Crippen LogP contribution in [0.3, 0.4) is 0 Å². The fourth-order valence-corrected chi connectivity index (χ4v) is 0.942. The minimum atomic E-state index is 0.839. The fraction of sp³-hybridized carbons (Fsp3) is 0.778. The van der Waals surface area contributed by atoms with Gasteiger partial charge in [-0.25, -0.2) is 0 Å². The van der Waals surface area contributed by atoms with Gasteiger partial charge < -0.3 is 10.6 Å². The summed E-state index contributed by atoms with van der Waals surface area (Å²) in [4.78, 5) is 8.10. The van der Waals surface area contributed by atoms with Gasteiger partial charge in [0.25, 0.3) is 0 Å². The van der Waals surface area contributed by atoms with Gasteiger partial charge in [-0.3, -0.25) is 9.98 Å². The number of hydrogen-bond donors (Lipinski definition) is 2. The Bertz CT molecular complexity index is 184. The highest BCUT2D eigenvalue weighted by molar-refractivity contribution is 5.82. The molecule has 0 aromatic rings. The molecule has 0 aromatic carbocycles. The molecule has 0 aliphatic rings. The zero-order valence-electron chi connectivity index (χ0n) is 9.02. The van der Waals surface area contributed by atoms with E-state index in [1.54, 1.807) is 7.05 Å². The molecule has 0 atom stereocenters. The molecule has 76 valence electrons. The maximum Gasteiger partial charge on any atom is 0.190 e. The van der Waals surface area contributed by atoms with Gasteiger partial charge in [-0.1, -0.05) is 0 Å². The van der Waals surface area contributed by atoms with Crippen LogP contribution in [0.1, 0.15) is 19.8 Å². The molecule has 13 heavy (non-hydrogen) atoms. The number of hydrogen-bond acceptors (Lipinski definition) is 2. The van der Waals surface area contributed by atoms with E-state index < -0.39 is 0 Å². The summed E-state index contributed by atoms with van der Waals surface area (Å²) in [5.41, 5.74) is 1.20. The molecule has 0 saturated heterocycles. The van der Waals surface area contributed by atoms with Crippen LogP contribution >= 0.6 is 0 Å². The molecule has 4 nitrogen and oxygen atoms in total. The molecule has 2 N–H and O–H groups in total. The summed E-state index contributed by atoms with van der Waals surface area (Å²) in [5, 5.41) is 6.14. The van der Waals surface area contributed by atoms with Crippen molar-refractivity contribution in [3.05, 3.63) is 0 Å². The standard InChI is InChI=1S/C9H20N4/c1-8(10-2)6-5-7-13-9(11-3)12-4/h5-7H2,1-4H3,(H2,11,12,13)/b10-8+. The van der Waals surface area contributed by atoms with Crippen molar-refractivity contribution >= 4 is 11.7 Å². The van der Waals surface area contributed by atoms with Gasteiger partial charge in [0.1, 0.15) is 0 Å². The summed E-state index contributed by atoms with van der Waals surface area (Å²) in [6.07, 6.45) is 2.13. The summed E-state index contributed by atoms with van der Waals surface area (Å²) >= 11 is 0. The predicted octanol–water partition coefficient (Wildman–Crippen LogP) is 0.652. The maximum atomic E-state index is 4.09. The molecule has 0 fully saturated rings. The van der Waals surface area contributed by atoms with Crippen LogP contribution in [0.5, 0.6) is 0 Å². The third-order valence-electron chi connectivity index (χ3n) is 1.85. The largest absolute Gasteiger partial charge is 0.359 e. The Hall–Kier alpha value is -1.06. The lowest BCUT2D eigenvalue weighted by molar-refractivity contribution is 0.782. The van der Waals surface area contributed by atoms with Gasteiger partial charge in [-0.05, 0) is 19.8 Å². The van der Waals surface area contributed by atoms with Crippen molar-refractivity contribution in [2.45, 2.75) is 19.8 Å². The smallest absolute Gasteiger partial charge is 0.190 e. The molecule has 0 aromatic heterocycles. The van der Waals surface area contributed by atoms with Gasteiger partial charge in [-0.2, -0.15) is 0 Å². The van der Waals surface area contributed by atoms with Crippen LogP contribution in [0.2, 0.25) is 0 Å². The van der Waals surface area contributed by atoms with E-state index in [1.807, 2.05) is 21.0 Å². The van der Waals surface area contributed by atoms with E-state index in [9.17, 15) is 0 Å². The van der Waals surface area contributed by atoms with E-state index in [2.05, 4.69) is 20.6 Å². The zero-order valence-corrected chi connectivity index (χ0v) is 9.02. The summed E-state index contributed by atoms with van der Waals surface area (Å²) in [6.45, 7) is 2.98. The topological polar surface area (TPSA) is 48.8 Å². The third-order valence-corrected chi connectivity index (χ3v) is 1.85. The van der Waals surface area contributed by atoms with Crippen LogP contribution < -0.4 is 10.6 Å². The van der Waals surface area contributed by atoms with Gasteiger partial charge in [0.15, 0.2) is 5.96 Å². The molecule has 0 heterocycles. The first-order valence-electron chi connectivity index (χ1n) is 4.55. The molecular formula is C9H20N4. The molecule has 0 radical (unpaired) electrons. The summed E-state index contributed by atoms with van der Waals surface area (Å²) in [5.74, 6) is 0.839. The van der Waals surface area contributed by atoms with Gasteiger partial charge >= 0.3 is 0 Å². The van der Waals surface area contributed by atoms with Crippen molar-refractivity contribution in [3.63, 3.8) is 0 Å². The third kappa shape index (κ3) is 6.13. The SMILES string of the molecule is C/N=C(/NC)NCCC/C(C)=N/C. The monoisotopic (exact) mass is 184 g/mol. The zero-order chi connectivity index (χ0) is 10.1. The van der Waals surface area contributed by atoms with Crippen LogP contribution in [0.15, 0.2) is 9.98 Å². The Balaban J connectivity index is 3.46. The van der Waals surface area contributed by atoms with Crippen LogP contribution in [0.4, 0.5) is 0 Å². The average molecular weight is 184 g/mol. The second kappa shape index (κ2) is 7.58. The number of nitrogens with one attached hydrogen (secondary N) is 2. The quantitative estimate of drug-likeness (QED) is 0.383. The highest BCUT2D eigenvalue weighted by Crippen LogP contribution is 1.90. The first kappa shape index (κ1) is 11.9. The van der Waals surface area contributed by atoms with E-state index in [-0.39, 0.29) is 0 Å². The Morgan fingerprint density at radius 2 is 1.92 bits per heavy atom. The molecule has 0 saturated carbocycles. The van der Waals surface area contributed by atoms with Crippen molar-refractivity contribution < 1.29 is 0 Å². The molecule has 0 aliphatic carbocycles. The van der Waals surface area contributed by atoms with Crippen molar-refractivity contribution in [1.82, 2.24) is 10.6 Å². The van der Waals surface area contributed by atoms with Crippen molar-refractivity contribution in [3.8, 4) is 0 Å². The van der Waals surface area contributed by atoms with Gasteiger partial charge in [0, 0.05) is 33.4 Å². The lowest BCUT2D eigenvalue weighted by atomic mass is 10.2. The Labute approximate surface area is 80.5 Å². The second-order valence-electron chi connectivity index (χ2n) is 2.81. The summed E-state index contributed by atoms with van der Waals surface area (Å²) in [6, 6.07) is 0. The predicted molar refractivity (Wildman–Crippen MR) is 58.7 cm³/mol. The highest BCUT2D eigenvalue weighted by Gasteiger charge is 1.93. The lowest BCUT2D eigenvalue weighted by Gasteiger charge is -2.07. The first-order chi connectivity index (χ1) is 6.24. The van der Waals surface area contributed by atoms with Gasteiger partial charge in [0.05, 0.1) is 0 Å². The minimum absolute atomic E-state index is 0.839. The average Bonchev–Trinajstić information content (AvgIpc) is 2.18. The van der Waals surface area contributed by atoms with Crippen molar-refractivity contribution in [2.24, 2.45) is 9.98 Å². The Kier molecular flexibility index (Phi) is 6.96. The van der Waals surface area contributed by atoms with Gasteiger partial charge in [0.2, 0.25) is 0 Å². The Morgan fingerprint density at radius 1 is 1.23 bits per heavy atom. The van der Waals surface area contributed by atoms with E-state index >= 15 is 0 Å². The number of guanidine groups is 1. The molecule has 0 unspecified atom stereocenters. The van der Waals surface area contributed by atoms with Crippen LogP contribution in [0, 0.1) is 0 Å². The molecule has 0 rings (SSSR count). The maximum absolute atomic E-state index is 4.09. The van der Waals surface area contributed by atoms with Crippen LogP contribution in [0.25, 0.3) is 0 Å². The minimum Gasteiger partial charge on any atom is -0.359 e. The Morgan fingerprint density at radius 3 is 2.38 bits per heavy atom. The summed E-state index contributed by atoms with van der Waals surface area (Å²) < 4.78 is 0. The number of aliphatic imine (C=N–C) groups is 2. The van der Waals surface area contributed by atoms with E-state index in [0.29, 0.717) is 0 Å². The molecule has 4 heteroatoms. The van der Waals surface area contributed by atoms with Crippen molar-refractivity contribution in [2.75, 3.05) is 27.7 Å². The molecule has 0 amide bonds. The highest BCUT2D eigenvalue weighted by atomic mass is 15.1. The number of nitrogens with zero attached hydrogens (tertiary/aromatic N) is 2.